The number of rotatable bonds is 5. The Kier molecular flexibility index (Phi) is 6.85. The zero-order valence-electron chi connectivity index (χ0n) is 25.4. The van der Waals surface area contributed by atoms with Gasteiger partial charge in [-0.2, -0.15) is 0 Å². The SMILES string of the molecule is CCc1ccc(-c2ccc(O)c3c2C[C@]2(C)C[C@]4(C)C(C(C)C)C(O)=C(C(C)=O)C(=O)[C@]4(O)C(O)=C2C3=O)cc1CC. The van der Waals surface area contributed by atoms with Crippen LogP contribution < -0.4 is 0 Å². The van der Waals surface area contributed by atoms with E-state index in [2.05, 4.69) is 26.0 Å². The molecule has 0 spiro atoms. The number of hydrogen-bond acceptors (Lipinski definition) is 7. The van der Waals surface area contributed by atoms with Crippen molar-refractivity contribution in [2.75, 3.05) is 0 Å². The van der Waals surface area contributed by atoms with Gasteiger partial charge in [0.2, 0.25) is 5.78 Å². The second-order valence-electron chi connectivity index (χ2n) is 13.1. The lowest BCUT2D eigenvalue weighted by Gasteiger charge is -2.59. The molecule has 3 aliphatic rings. The van der Waals surface area contributed by atoms with Crippen LogP contribution in [0.5, 0.6) is 5.75 Å². The van der Waals surface area contributed by atoms with Crippen LogP contribution in [0.2, 0.25) is 0 Å². The third kappa shape index (κ3) is 3.72. The molecule has 0 saturated carbocycles. The Labute approximate surface area is 246 Å². The topological polar surface area (TPSA) is 132 Å². The molecule has 0 aromatic heterocycles. The van der Waals surface area contributed by atoms with Crippen molar-refractivity contribution in [3.05, 3.63) is 75.3 Å². The number of aromatic hydroxyl groups is 1. The summed E-state index contributed by atoms with van der Waals surface area (Å²) in [6.45, 7) is 12.4. The zero-order chi connectivity index (χ0) is 31.1. The van der Waals surface area contributed by atoms with Gasteiger partial charge in [-0.1, -0.05) is 65.8 Å². The molecule has 7 nitrogen and oxygen atoms in total. The van der Waals surface area contributed by atoms with Crippen molar-refractivity contribution >= 4 is 17.3 Å². The van der Waals surface area contributed by atoms with Crippen LogP contribution in [0.25, 0.3) is 11.1 Å². The van der Waals surface area contributed by atoms with E-state index in [1.54, 1.807) is 13.0 Å². The van der Waals surface area contributed by atoms with E-state index in [-0.39, 0.29) is 35.6 Å². The normalized spacial score (nSPS) is 29.0. The molecule has 0 amide bonds. The number of phenols is 1. The van der Waals surface area contributed by atoms with Gasteiger partial charge in [-0.15, -0.1) is 0 Å². The van der Waals surface area contributed by atoms with E-state index in [9.17, 15) is 34.8 Å². The highest BCUT2D eigenvalue weighted by molar-refractivity contribution is 6.25. The number of Topliss-reactive ketones (excluding diaryl/α,β-unsaturated/α-hetero) is 3. The van der Waals surface area contributed by atoms with Crippen LogP contribution in [0, 0.1) is 22.7 Å². The van der Waals surface area contributed by atoms with Crippen LogP contribution in [-0.4, -0.2) is 43.4 Å². The maximum Gasteiger partial charge on any atom is 0.209 e. The summed E-state index contributed by atoms with van der Waals surface area (Å²) in [7, 11) is 0. The number of hydrogen-bond donors (Lipinski definition) is 4. The molecule has 222 valence electrons. The van der Waals surface area contributed by atoms with Crippen molar-refractivity contribution in [2.24, 2.45) is 22.7 Å². The first-order chi connectivity index (χ1) is 19.6. The van der Waals surface area contributed by atoms with Gasteiger partial charge in [-0.05, 0) is 72.4 Å². The lowest BCUT2D eigenvalue weighted by molar-refractivity contribution is -0.171. The van der Waals surface area contributed by atoms with Crippen LogP contribution in [0.15, 0.2) is 53.0 Å². The molecule has 7 heteroatoms. The smallest absolute Gasteiger partial charge is 0.209 e. The highest BCUT2D eigenvalue weighted by atomic mass is 16.3. The van der Waals surface area contributed by atoms with Crippen LogP contribution in [0.4, 0.5) is 0 Å². The van der Waals surface area contributed by atoms with Crippen molar-refractivity contribution in [3.63, 3.8) is 0 Å². The number of allylic oxidation sites excluding steroid dienone is 2. The third-order valence-electron chi connectivity index (χ3n) is 10.2. The largest absolute Gasteiger partial charge is 0.511 e. The van der Waals surface area contributed by atoms with Crippen LogP contribution in [-0.2, 0) is 28.9 Å². The first-order valence-electron chi connectivity index (χ1n) is 14.8. The minimum Gasteiger partial charge on any atom is -0.511 e. The first kappa shape index (κ1) is 29.8. The molecule has 0 fully saturated rings. The molecule has 1 unspecified atom stereocenters. The molecule has 2 aromatic rings. The van der Waals surface area contributed by atoms with E-state index >= 15 is 0 Å². The van der Waals surface area contributed by atoms with E-state index in [1.807, 2.05) is 26.8 Å². The average Bonchev–Trinajstić information content (AvgIpc) is 2.90. The predicted octanol–water partition coefficient (Wildman–Crippen LogP) is 6.14. The maximum absolute atomic E-state index is 14.3. The second kappa shape index (κ2) is 9.66. The standard InChI is InChI=1S/C35H40O7/c1-8-19-10-11-21(14-20(19)9-2)22-12-13-24(37)26-23(22)15-33(6)16-34(7)27(17(3)4)29(38)25(18(5)36)31(40)35(34,42)32(41)28(33)30(26)39/h10-14,17,27,37-38,41-42H,8-9,15-16H2,1-7H3/t27?,33-,34-,35+/m1/s1. The van der Waals surface area contributed by atoms with Crippen molar-refractivity contribution in [1.82, 2.24) is 0 Å². The number of aryl methyl sites for hydroxylation is 2. The molecular formula is C35H40O7. The summed E-state index contributed by atoms with van der Waals surface area (Å²) in [5, 5.41) is 46.3. The highest BCUT2D eigenvalue weighted by Crippen LogP contribution is 2.65. The number of aliphatic hydroxyl groups is 3. The Hall–Kier alpha value is -3.71. The van der Waals surface area contributed by atoms with Gasteiger partial charge in [0, 0.05) is 22.3 Å². The molecule has 4 N–H and O–H groups in total. The van der Waals surface area contributed by atoms with E-state index in [1.165, 1.54) is 17.2 Å². The summed E-state index contributed by atoms with van der Waals surface area (Å²) in [5.74, 6) is -5.12. The highest BCUT2D eigenvalue weighted by Gasteiger charge is 2.71. The quantitative estimate of drug-likeness (QED) is 0.317. The third-order valence-corrected chi connectivity index (χ3v) is 10.2. The van der Waals surface area contributed by atoms with Gasteiger partial charge in [0.15, 0.2) is 17.2 Å². The number of ketones is 3. The Morgan fingerprint density at radius 3 is 2.21 bits per heavy atom. The van der Waals surface area contributed by atoms with Crippen LogP contribution in [0.1, 0.15) is 81.9 Å². The lowest BCUT2D eigenvalue weighted by atomic mass is 9.44. The minimum absolute atomic E-state index is 0.0326. The summed E-state index contributed by atoms with van der Waals surface area (Å²) in [4.78, 5) is 40.7. The molecule has 2 aromatic carbocycles. The fourth-order valence-corrected chi connectivity index (χ4v) is 8.47. The van der Waals surface area contributed by atoms with Gasteiger partial charge in [-0.3, -0.25) is 14.4 Å². The van der Waals surface area contributed by atoms with Gasteiger partial charge in [0.05, 0.1) is 5.56 Å². The summed E-state index contributed by atoms with van der Waals surface area (Å²) < 4.78 is 0. The molecule has 42 heavy (non-hydrogen) atoms. The Morgan fingerprint density at radius 1 is 1.00 bits per heavy atom. The number of carbonyl (C=O) groups is 3. The second-order valence-corrected chi connectivity index (χ2v) is 13.1. The fraction of sp³-hybridized carbons (Fsp3) is 0.457. The van der Waals surface area contributed by atoms with Gasteiger partial charge in [0.25, 0.3) is 0 Å². The van der Waals surface area contributed by atoms with E-state index in [4.69, 9.17) is 0 Å². The summed E-state index contributed by atoms with van der Waals surface area (Å²) in [6, 6.07) is 9.48. The molecule has 0 radical (unpaired) electrons. The van der Waals surface area contributed by atoms with Crippen LogP contribution >= 0.6 is 0 Å². The molecule has 0 aliphatic heterocycles. The van der Waals surface area contributed by atoms with Crippen molar-refractivity contribution in [3.8, 4) is 16.9 Å². The van der Waals surface area contributed by atoms with E-state index < -0.39 is 56.8 Å². The number of fused-ring (bicyclic) bond motifs is 3. The van der Waals surface area contributed by atoms with Crippen molar-refractivity contribution < 1.29 is 34.8 Å². The molecule has 0 bridgehead atoms. The predicted molar refractivity (Wildman–Crippen MR) is 159 cm³/mol. The number of carbonyl (C=O) groups excluding carboxylic acids is 3. The summed E-state index contributed by atoms with van der Waals surface area (Å²) >= 11 is 0. The van der Waals surface area contributed by atoms with Crippen LogP contribution in [0.3, 0.4) is 0 Å². The number of phenolic OH excluding ortho intramolecular Hbond substituents is 1. The van der Waals surface area contributed by atoms with Gasteiger partial charge in [-0.25, -0.2) is 0 Å². The van der Waals surface area contributed by atoms with Crippen molar-refractivity contribution in [2.45, 2.75) is 79.8 Å². The number of aliphatic hydroxyl groups excluding tert-OH is 2. The Balaban J connectivity index is 1.79. The summed E-state index contributed by atoms with van der Waals surface area (Å²) in [6.07, 6.45) is 2.04. The van der Waals surface area contributed by atoms with Gasteiger partial charge < -0.3 is 20.4 Å². The average molecular weight is 573 g/mol. The lowest BCUT2D eigenvalue weighted by Crippen LogP contribution is -2.67. The minimum atomic E-state index is -2.61. The molecule has 4 atom stereocenters. The molecule has 3 aliphatic carbocycles. The summed E-state index contributed by atoms with van der Waals surface area (Å²) in [5.41, 5.74) is -1.01. The monoisotopic (exact) mass is 572 g/mol. The maximum atomic E-state index is 14.3. The molecule has 5 rings (SSSR count). The van der Waals surface area contributed by atoms with Gasteiger partial charge in [0.1, 0.15) is 22.8 Å². The van der Waals surface area contributed by atoms with Gasteiger partial charge >= 0.3 is 0 Å². The van der Waals surface area contributed by atoms with Crippen molar-refractivity contribution in [1.29, 1.82) is 0 Å². The molecular weight excluding hydrogens is 532 g/mol. The zero-order valence-corrected chi connectivity index (χ0v) is 25.4. The molecule has 0 heterocycles. The Bertz CT molecular complexity index is 1630. The first-order valence-corrected chi connectivity index (χ1v) is 14.8. The Morgan fingerprint density at radius 2 is 1.64 bits per heavy atom. The van der Waals surface area contributed by atoms with E-state index in [0.29, 0.717) is 5.56 Å². The fourth-order valence-electron chi connectivity index (χ4n) is 8.47. The molecule has 0 saturated heterocycles. The number of benzene rings is 2. The van der Waals surface area contributed by atoms with E-state index in [0.717, 1.165) is 30.9 Å².